The van der Waals surface area contributed by atoms with E-state index in [9.17, 15) is 4.79 Å². The van der Waals surface area contributed by atoms with Gasteiger partial charge in [-0.15, -0.1) is 0 Å². The quantitative estimate of drug-likeness (QED) is 0.499. The van der Waals surface area contributed by atoms with Gasteiger partial charge in [0.25, 0.3) is 0 Å². The van der Waals surface area contributed by atoms with Crippen LogP contribution in [-0.2, 0) is 4.79 Å². The Hall–Kier alpha value is -1.26. The van der Waals surface area contributed by atoms with Crippen LogP contribution in [0.15, 0.2) is 4.99 Å². The minimum atomic E-state index is -0.157. The van der Waals surface area contributed by atoms with Crippen molar-refractivity contribution < 1.29 is 4.79 Å². The molecule has 3 N–H and O–H groups in total. The van der Waals surface area contributed by atoms with Crippen molar-refractivity contribution in [3.05, 3.63) is 0 Å². The molecule has 16 heavy (non-hydrogen) atoms. The lowest BCUT2D eigenvalue weighted by molar-refractivity contribution is -0.119. The fraction of sp³-hybridized carbons (Fsp3) is 0.818. The highest BCUT2D eigenvalue weighted by Gasteiger charge is 2.25. The number of nitrogens with one attached hydrogen (secondary N) is 1. The molecule has 1 saturated heterocycles. The van der Waals surface area contributed by atoms with Crippen LogP contribution in [0.1, 0.15) is 34.1 Å². The summed E-state index contributed by atoms with van der Waals surface area (Å²) in [5.41, 5.74) is 5.76. The molecule has 1 atom stereocenters. The van der Waals surface area contributed by atoms with Crippen LogP contribution in [0.25, 0.3) is 0 Å². The van der Waals surface area contributed by atoms with E-state index in [0.29, 0.717) is 5.96 Å². The number of nitrogens with two attached hydrogens (primary N) is 1. The standard InChI is InChI=1S/C11H22N4O/c1-8(16)13-9-5-6-15(7-9)10(12)14-11(2,3)4/h9H,5-7H2,1-4H3,(H2,12,14)(H,13,16). The lowest BCUT2D eigenvalue weighted by Gasteiger charge is -2.21. The van der Waals surface area contributed by atoms with Gasteiger partial charge in [0.1, 0.15) is 0 Å². The fourth-order valence-corrected chi connectivity index (χ4v) is 1.79. The fourth-order valence-electron chi connectivity index (χ4n) is 1.79. The lowest BCUT2D eigenvalue weighted by Crippen LogP contribution is -2.41. The van der Waals surface area contributed by atoms with Crippen molar-refractivity contribution in [2.45, 2.75) is 45.7 Å². The van der Waals surface area contributed by atoms with Gasteiger partial charge in [-0.1, -0.05) is 0 Å². The van der Waals surface area contributed by atoms with E-state index in [2.05, 4.69) is 10.3 Å². The Balaban J connectivity index is 2.53. The molecule has 1 aliphatic rings. The van der Waals surface area contributed by atoms with Crippen molar-refractivity contribution in [2.24, 2.45) is 10.7 Å². The summed E-state index contributed by atoms with van der Waals surface area (Å²) in [6.45, 7) is 9.19. The van der Waals surface area contributed by atoms with E-state index in [4.69, 9.17) is 5.73 Å². The summed E-state index contributed by atoms with van der Waals surface area (Å²) in [6.07, 6.45) is 0.930. The highest BCUT2D eigenvalue weighted by molar-refractivity contribution is 5.79. The zero-order valence-corrected chi connectivity index (χ0v) is 10.6. The zero-order chi connectivity index (χ0) is 12.3. The maximum atomic E-state index is 10.9. The van der Waals surface area contributed by atoms with Gasteiger partial charge in [0, 0.05) is 26.1 Å². The molecule has 1 rings (SSSR count). The van der Waals surface area contributed by atoms with Gasteiger partial charge < -0.3 is 16.0 Å². The average Bonchev–Trinajstić information content (AvgIpc) is 2.48. The van der Waals surface area contributed by atoms with Crippen molar-refractivity contribution in [2.75, 3.05) is 13.1 Å². The predicted molar refractivity (Wildman–Crippen MR) is 65.2 cm³/mol. The second kappa shape index (κ2) is 4.72. The first kappa shape index (κ1) is 12.8. The first-order valence-corrected chi connectivity index (χ1v) is 5.65. The maximum Gasteiger partial charge on any atom is 0.217 e. The van der Waals surface area contributed by atoms with Crippen LogP contribution in [-0.4, -0.2) is 41.4 Å². The first-order valence-electron chi connectivity index (χ1n) is 5.65. The van der Waals surface area contributed by atoms with Crippen molar-refractivity contribution in [1.82, 2.24) is 10.2 Å². The summed E-state index contributed by atoms with van der Waals surface area (Å²) in [5.74, 6) is 0.582. The van der Waals surface area contributed by atoms with E-state index in [1.54, 1.807) is 0 Å². The average molecular weight is 226 g/mol. The molecule has 0 bridgehead atoms. The largest absolute Gasteiger partial charge is 0.370 e. The SMILES string of the molecule is CC(=O)NC1CCN(C(N)=NC(C)(C)C)C1. The van der Waals surface area contributed by atoms with Crippen LogP contribution in [0, 0.1) is 0 Å². The molecule has 1 fully saturated rings. The zero-order valence-electron chi connectivity index (χ0n) is 10.6. The molecular weight excluding hydrogens is 204 g/mol. The summed E-state index contributed by atoms with van der Waals surface area (Å²) in [7, 11) is 0. The molecule has 0 radical (unpaired) electrons. The van der Waals surface area contributed by atoms with E-state index in [-0.39, 0.29) is 17.5 Å². The van der Waals surface area contributed by atoms with Gasteiger partial charge in [0.15, 0.2) is 5.96 Å². The molecule has 1 unspecified atom stereocenters. The Bertz CT molecular complexity index is 293. The number of amides is 1. The Labute approximate surface area is 97.1 Å². The van der Waals surface area contributed by atoms with Crippen molar-refractivity contribution >= 4 is 11.9 Å². The third-order valence-corrected chi connectivity index (χ3v) is 2.37. The monoisotopic (exact) mass is 226 g/mol. The van der Waals surface area contributed by atoms with Crippen LogP contribution in [0.3, 0.4) is 0 Å². The number of likely N-dealkylation sites (tertiary alicyclic amines) is 1. The number of carbonyl (C=O) groups is 1. The second-order valence-electron chi connectivity index (χ2n) is 5.27. The van der Waals surface area contributed by atoms with Crippen LogP contribution in [0.2, 0.25) is 0 Å². The summed E-state index contributed by atoms with van der Waals surface area (Å²) < 4.78 is 0. The Morgan fingerprint density at radius 2 is 2.12 bits per heavy atom. The third kappa shape index (κ3) is 4.08. The highest BCUT2D eigenvalue weighted by Crippen LogP contribution is 2.12. The summed E-state index contributed by atoms with van der Waals surface area (Å²) in [6, 6.07) is 0.200. The second-order valence-corrected chi connectivity index (χ2v) is 5.27. The van der Waals surface area contributed by atoms with Crippen LogP contribution >= 0.6 is 0 Å². The van der Waals surface area contributed by atoms with Gasteiger partial charge in [-0.05, 0) is 27.2 Å². The molecule has 0 aromatic carbocycles. The molecule has 5 heteroatoms. The molecule has 0 aromatic rings. The molecule has 1 aliphatic heterocycles. The molecule has 5 nitrogen and oxygen atoms in total. The van der Waals surface area contributed by atoms with Crippen molar-refractivity contribution in [3.63, 3.8) is 0 Å². The van der Waals surface area contributed by atoms with Gasteiger partial charge in [0.05, 0.1) is 5.54 Å². The van der Waals surface area contributed by atoms with E-state index in [1.807, 2.05) is 25.7 Å². The summed E-state index contributed by atoms with van der Waals surface area (Å²) >= 11 is 0. The van der Waals surface area contributed by atoms with Gasteiger partial charge in [0.2, 0.25) is 5.91 Å². The number of aliphatic imine (C=N–C) groups is 1. The van der Waals surface area contributed by atoms with Gasteiger partial charge in [-0.3, -0.25) is 4.79 Å². The third-order valence-electron chi connectivity index (χ3n) is 2.37. The van der Waals surface area contributed by atoms with Crippen molar-refractivity contribution in [1.29, 1.82) is 0 Å². The number of hydrogen-bond acceptors (Lipinski definition) is 2. The summed E-state index contributed by atoms with van der Waals surface area (Å²) in [5, 5.41) is 2.90. The van der Waals surface area contributed by atoms with E-state index >= 15 is 0 Å². The lowest BCUT2D eigenvalue weighted by atomic mass is 10.1. The van der Waals surface area contributed by atoms with Gasteiger partial charge >= 0.3 is 0 Å². The van der Waals surface area contributed by atoms with E-state index < -0.39 is 0 Å². The minimum absolute atomic E-state index is 0.0122. The topological polar surface area (TPSA) is 70.7 Å². The number of hydrogen-bond donors (Lipinski definition) is 2. The minimum Gasteiger partial charge on any atom is -0.370 e. The maximum absolute atomic E-state index is 10.9. The van der Waals surface area contributed by atoms with Crippen molar-refractivity contribution in [3.8, 4) is 0 Å². The molecular formula is C11H22N4O. The summed E-state index contributed by atoms with van der Waals surface area (Å²) in [4.78, 5) is 17.3. The van der Waals surface area contributed by atoms with Gasteiger partial charge in [-0.25, -0.2) is 4.99 Å². The number of nitrogens with zero attached hydrogens (tertiary/aromatic N) is 2. The first-order chi connectivity index (χ1) is 7.28. The van der Waals surface area contributed by atoms with Crippen LogP contribution in [0.5, 0.6) is 0 Å². The molecule has 1 amide bonds. The predicted octanol–water partition coefficient (Wildman–Crippen LogP) is 0.310. The highest BCUT2D eigenvalue weighted by atomic mass is 16.1. The Kier molecular flexibility index (Phi) is 3.78. The van der Waals surface area contributed by atoms with Crippen LogP contribution in [0.4, 0.5) is 0 Å². The Morgan fingerprint density at radius 3 is 2.62 bits per heavy atom. The van der Waals surface area contributed by atoms with Gasteiger partial charge in [-0.2, -0.15) is 0 Å². The molecule has 92 valence electrons. The number of rotatable bonds is 1. The Morgan fingerprint density at radius 1 is 1.50 bits per heavy atom. The van der Waals surface area contributed by atoms with Crippen LogP contribution < -0.4 is 11.1 Å². The van der Waals surface area contributed by atoms with E-state index in [0.717, 1.165) is 19.5 Å². The molecule has 0 saturated carbocycles. The normalized spacial score (nSPS) is 22.4. The molecule has 0 spiro atoms. The number of guanidine groups is 1. The van der Waals surface area contributed by atoms with E-state index in [1.165, 1.54) is 6.92 Å². The molecule has 1 heterocycles. The molecule has 0 aliphatic carbocycles. The molecule has 0 aromatic heterocycles. The smallest absolute Gasteiger partial charge is 0.217 e. The number of carbonyl (C=O) groups excluding carboxylic acids is 1.